The van der Waals surface area contributed by atoms with Crippen LogP contribution in [0.15, 0.2) is 15.4 Å². The Morgan fingerprint density at radius 1 is 1.30 bits per heavy atom. The first-order valence-corrected chi connectivity index (χ1v) is 7.01. The topological polar surface area (TPSA) is 108 Å². The molecule has 0 aliphatic rings. The van der Waals surface area contributed by atoms with Crippen LogP contribution in [0.3, 0.4) is 0 Å². The van der Waals surface area contributed by atoms with E-state index in [9.17, 15) is 18.0 Å². The van der Waals surface area contributed by atoms with Crippen LogP contribution in [0.1, 0.15) is 16.3 Å². The Hall–Kier alpha value is -1.87. The first-order valence-electron chi connectivity index (χ1n) is 5.57. The summed E-state index contributed by atoms with van der Waals surface area (Å²) in [6, 6.07) is 0.934. The molecule has 0 saturated carbocycles. The van der Waals surface area contributed by atoms with Crippen LogP contribution in [0.5, 0.6) is 0 Å². The van der Waals surface area contributed by atoms with Crippen molar-refractivity contribution in [3.05, 3.63) is 17.6 Å². The normalized spacial score (nSPS) is 11.7. The van der Waals surface area contributed by atoms with Crippen LogP contribution in [0.25, 0.3) is 0 Å². The third-order valence-corrected chi connectivity index (χ3v) is 4.54. The lowest BCUT2D eigenvalue weighted by Gasteiger charge is -2.18. The molecule has 1 aromatic rings. The van der Waals surface area contributed by atoms with Gasteiger partial charge in [0.15, 0.2) is 0 Å². The lowest BCUT2D eigenvalue weighted by molar-refractivity contribution is -0.128. The minimum absolute atomic E-state index is 0.0356. The highest BCUT2D eigenvalue weighted by molar-refractivity contribution is 7.89. The Labute approximate surface area is 116 Å². The molecule has 0 bridgehead atoms. The number of aromatic carboxylic acids is 1. The highest BCUT2D eigenvalue weighted by Crippen LogP contribution is 2.22. The molecule has 0 unspecified atom stereocenters. The van der Waals surface area contributed by atoms with Gasteiger partial charge in [-0.2, -0.15) is 4.31 Å². The van der Waals surface area contributed by atoms with E-state index in [-0.39, 0.29) is 17.2 Å². The van der Waals surface area contributed by atoms with Gasteiger partial charge in [0.2, 0.25) is 21.7 Å². The summed E-state index contributed by atoms with van der Waals surface area (Å²) in [5, 5.41) is 8.78. The number of sulfonamides is 1. The van der Waals surface area contributed by atoms with E-state index in [1.807, 2.05) is 0 Å². The summed E-state index contributed by atoms with van der Waals surface area (Å²) < 4.78 is 30.2. The zero-order chi connectivity index (χ0) is 15.7. The average Bonchev–Trinajstić information content (AvgIpc) is 2.71. The van der Waals surface area contributed by atoms with Crippen molar-refractivity contribution in [2.75, 3.05) is 27.7 Å². The number of carboxylic acid groups (broad SMARTS) is 1. The van der Waals surface area contributed by atoms with Gasteiger partial charge in [-0.05, 0) is 6.92 Å². The van der Waals surface area contributed by atoms with E-state index in [4.69, 9.17) is 9.52 Å². The van der Waals surface area contributed by atoms with Gasteiger partial charge in [-0.3, -0.25) is 4.79 Å². The number of nitrogens with zero attached hydrogens (tertiary/aromatic N) is 2. The second-order valence-electron chi connectivity index (χ2n) is 4.39. The quantitative estimate of drug-likeness (QED) is 0.820. The largest absolute Gasteiger partial charge is 0.475 e. The predicted octanol–water partition coefficient (Wildman–Crippen LogP) is -0.00508. The monoisotopic (exact) mass is 304 g/mol. The van der Waals surface area contributed by atoms with Gasteiger partial charge in [0.25, 0.3) is 0 Å². The zero-order valence-corrected chi connectivity index (χ0v) is 12.4. The summed E-state index contributed by atoms with van der Waals surface area (Å²) in [5.74, 6) is -2.25. The molecule has 9 heteroatoms. The van der Waals surface area contributed by atoms with Crippen molar-refractivity contribution >= 4 is 21.9 Å². The van der Waals surface area contributed by atoms with Crippen LogP contribution >= 0.6 is 0 Å². The number of carbonyl (C=O) groups excluding carboxylic acids is 1. The van der Waals surface area contributed by atoms with Crippen molar-refractivity contribution in [3.8, 4) is 0 Å². The van der Waals surface area contributed by atoms with Crippen molar-refractivity contribution in [1.29, 1.82) is 0 Å². The molecule has 1 heterocycles. The Morgan fingerprint density at radius 3 is 2.25 bits per heavy atom. The number of rotatable bonds is 5. The summed E-state index contributed by atoms with van der Waals surface area (Å²) in [6.07, 6.45) is 0. The maximum atomic E-state index is 12.2. The van der Waals surface area contributed by atoms with Gasteiger partial charge in [0.05, 0.1) is 6.54 Å². The van der Waals surface area contributed by atoms with Gasteiger partial charge in [-0.25, -0.2) is 13.2 Å². The first-order chi connectivity index (χ1) is 9.07. The third kappa shape index (κ3) is 3.17. The van der Waals surface area contributed by atoms with Crippen molar-refractivity contribution < 1.29 is 27.5 Å². The number of aryl methyl sites for hydroxylation is 1. The van der Waals surface area contributed by atoms with E-state index >= 15 is 0 Å². The molecule has 1 N–H and O–H groups in total. The highest BCUT2D eigenvalue weighted by Gasteiger charge is 2.29. The Bertz CT molecular complexity index is 631. The van der Waals surface area contributed by atoms with Gasteiger partial charge in [0.1, 0.15) is 10.7 Å². The van der Waals surface area contributed by atoms with Crippen LogP contribution in [-0.2, 0) is 14.8 Å². The highest BCUT2D eigenvalue weighted by atomic mass is 32.2. The van der Waals surface area contributed by atoms with Crippen LogP contribution in [0.2, 0.25) is 0 Å². The molecule has 0 spiro atoms. The number of likely N-dealkylation sites (N-methyl/N-ethyl adjacent to an activating group) is 2. The predicted molar refractivity (Wildman–Crippen MR) is 68.9 cm³/mol. The van der Waals surface area contributed by atoms with E-state index in [0.717, 1.165) is 10.4 Å². The van der Waals surface area contributed by atoms with E-state index < -0.39 is 27.7 Å². The lowest BCUT2D eigenvalue weighted by atomic mass is 10.4. The lowest BCUT2D eigenvalue weighted by Crippen LogP contribution is -2.37. The molecule has 0 saturated heterocycles. The summed E-state index contributed by atoms with van der Waals surface area (Å²) in [5.41, 5.74) is 0. The van der Waals surface area contributed by atoms with Crippen LogP contribution in [0, 0.1) is 6.92 Å². The molecule has 0 aliphatic heterocycles. The maximum Gasteiger partial charge on any atom is 0.371 e. The van der Waals surface area contributed by atoms with Gasteiger partial charge in [0, 0.05) is 27.2 Å². The average molecular weight is 304 g/mol. The van der Waals surface area contributed by atoms with Crippen LogP contribution in [0.4, 0.5) is 0 Å². The van der Waals surface area contributed by atoms with Crippen molar-refractivity contribution in [1.82, 2.24) is 9.21 Å². The molecule has 8 nitrogen and oxygen atoms in total. The summed E-state index contributed by atoms with van der Waals surface area (Å²) >= 11 is 0. The van der Waals surface area contributed by atoms with E-state index in [1.54, 1.807) is 0 Å². The molecule has 20 heavy (non-hydrogen) atoms. The Morgan fingerprint density at radius 2 is 1.85 bits per heavy atom. The summed E-state index contributed by atoms with van der Waals surface area (Å²) in [6.45, 7) is 1.00. The molecule has 0 aliphatic carbocycles. The molecule has 1 amide bonds. The van der Waals surface area contributed by atoms with E-state index in [0.29, 0.717) is 0 Å². The fraction of sp³-hybridized carbons (Fsp3) is 0.455. The fourth-order valence-electron chi connectivity index (χ4n) is 1.41. The molecule has 112 valence electrons. The standard InChI is InChI=1S/C11H16N2O6S/c1-7-9(5-8(19-7)11(15)16)20(17,18)13(4)6-10(14)12(2)3/h5H,6H2,1-4H3,(H,15,16). The summed E-state index contributed by atoms with van der Waals surface area (Å²) in [4.78, 5) is 23.3. The molecule has 0 radical (unpaired) electrons. The Kier molecular flexibility index (Phi) is 4.56. The number of hydrogen-bond donors (Lipinski definition) is 1. The fourth-order valence-corrected chi connectivity index (χ4v) is 2.69. The van der Waals surface area contributed by atoms with Gasteiger partial charge >= 0.3 is 5.97 Å². The van der Waals surface area contributed by atoms with Crippen molar-refractivity contribution in [2.45, 2.75) is 11.8 Å². The number of hydrogen-bond acceptors (Lipinski definition) is 5. The van der Waals surface area contributed by atoms with E-state index in [1.165, 1.54) is 33.0 Å². The number of amides is 1. The SMILES string of the molecule is Cc1oc(C(=O)O)cc1S(=O)(=O)N(C)CC(=O)N(C)C. The minimum Gasteiger partial charge on any atom is -0.475 e. The first kappa shape index (κ1) is 16.2. The van der Waals surface area contributed by atoms with Crippen molar-refractivity contribution in [2.24, 2.45) is 0 Å². The molecular formula is C11H16N2O6S. The van der Waals surface area contributed by atoms with E-state index in [2.05, 4.69) is 0 Å². The van der Waals surface area contributed by atoms with Crippen molar-refractivity contribution in [3.63, 3.8) is 0 Å². The second-order valence-corrected chi connectivity index (χ2v) is 6.40. The van der Waals surface area contributed by atoms with Crippen LogP contribution < -0.4 is 0 Å². The Balaban J connectivity index is 3.10. The molecule has 1 rings (SSSR count). The third-order valence-electron chi connectivity index (χ3n) is 2.63. The van der Waals surface area contributed by atoms with Gasteiger partial charge in [-0.15, -0.1) is 0 Å². The van der Waals surface area contributed by atoms with Crippen LogP contribution in [-0.4, -0.2) is 62.3 Å². The zero-order valence-electron chi connectivity index (χ0n) is 11.6. The number of carbonyl (C=O) groups is 2. The minimum atomic E-state index is -3.98. The maximum absolute atomic E-state index is 12.2. The second kappa shape index (κ2) is 5.63. The summed E-state index contributed by atoms with van der Waals surface area (Å²) in [7, 11) is 0.274. The molecule has 1 aromatic heterocycles. The molecule has 0 fully saturated rings. The van der Waals surface area contributed by atoms with Gasteiger partial charge < -0.3 is 14.4 Å². The molecule has 0 atom stereocenters. The molecule has 0 aromatic carbocycles. The number of carboxylic acids is 1. The smallest absolute Gasteiger partial charge is 0.371 e. The number of furan rings is 1. The van der Waals surface area contributed by atoms with Gasteiger partial charge in [-0.1, -0.05) is 0 Å². The molecular weight excluding hydrogens is 288 g/mol.